The first-order valence-electron chi connectivity index (χ1n) is 13.8. The molecule has 2 amide bonds. The van der Waals surface area contributed by atoms with Gasteiger partial charge in [0, 0.05) is 41.3 Å². The molecule has 0 spiro atoms. The van der Waals surface area contributed by atoms with Crippen LogP contribution in [0.1, 0.15) is 80.4 Å². The van der Waals surface area contributed by atoms with Crippen LogP contribution in [0.15, 0.2) is 24.8 Å². The molecular formula is C30H42N4O3. The Kier molecular flexibility index (Phi) is 8.53. The van der Waals surface area contributed by atoms with Crippen molar-refractivity contribution in [2.24, 2.45) is 5.92 Å². The summed E-state index contributed by atoms with van der Waals surface area (Å²) in [5.41, 5.74) is 3.66. The number of Topliss-reactive ketones (excluding diaryl/α,β-unsaturated/α-hetero) is 1. The Morgan fingerprint density at radius 2 is 1.86 bits per heavy atom. The van der Waals surface area contributed by atoms with Crippen molar-refractivity contribution in [3.05, 3.63) is 41.6 Å². The molecule has 200 valence electrons. The molecule has 3 atom stereocenters. The molecule has 37 heavy (non-hydrogen) atoms. The zero-order chi connectivity index (χ0) is 26.7. The second-order valence-electron chi connectivity index (χ2n) is 10.8. The van der Waals surface area contributed by atoms with Gasteiger partial charge in [-0.2, -0.15) is 0 Å². The van der Waals surface area contributed by atoms with Crippen LogP contribution in [0, 0.1) is 12.8 Å². The van der Waals surface area contributed by atoms with E-state index in [2.05, 4.69) is 27.8 Å². The van der Waals surface area contributed by atoms with Crippen LogP contribution in [-0.4, -0.2) is 58.8 Å². The quantitative estimate of drug-likeness (QED) is 0.492. The van der Waals surface area contributed by atoms with Gasteiger partial charge in [-0.25, -0.2) is 0 Å². The maximum atomic E-state index is 14.1. The SMILES string of the molecule is C=Cc1ccc2c(c1)c(C(C)=O)c(C)n2C[C@@H]1CCCN1C(=O)[C@@H](NC(=O)[C@H](C)NC)C1CCCCC1. The fourth-order valence-electron chi connectivity index (χ4n) is 6.27. The molecule has 2 fully saturated rings. The predicted molar refractivity (Wildman–Crippen MR) is 149 cm³/mol. The van der Waals surface area contributed by atoms with E-state index in [1.165, 1.54) is 6.42 Å². The summed E-state index contributed by atoms with van der Waals surface area (Å²) in [6, 6.07) is 5.27. The maximum Gasteiger partial charge on any atom is 0.245 e. The summed E-state index contributed by atoms with van der Waals surface area (Å²) < 4.78 is 2.20. The van der Waals surface area contributed by atoms with Gasteiger partial charge in [-0.05, 0) is 77.1 Å². The van der Waals surface area contributed by atoms with E-state index in [0.29, 0.717) is 13.1 Å². The second-order valence-corrected chi connectivity index (χ2v) is 10.8. The minimum Gasteiger partial charge on any atom is -0.343 e. The largest absolute Gasteiger partial charge is 0.343 e. The van der Waals surface area contributed by atoms with Crippen molar-refractivity contribution >= 4 is 34.6 Å². The number of aromatic nitrogens is 1. The topological polar surface area (TPSA) is 83.4 Å². The number of carbonyl (C=O) groups is 3. The van der Waals surface area contributed by atoms with Crippen molar-refractivity contribution in [2.75, 3.05) is 13.6 Å². The third-order valence-corrected chi connectivity index (χ3v) is 8.50. The Labute approximate surface area is 220 Å². The molecule has 2 heterocycles. The van der Waals surface area contributed by atoms with Crippen molar-refractivity contribution in [1.82, 2.24) is 20.1 Å². The van der Waals surface area contributed by atoms with Gasteiger partial charge in [0.25, 0.3) is 0 Å². The van der Waals surface area contributed by atoms with E-state index in [1.807, 2.05) is 30.9 Å². The molecule has 0 unspecified atom stereocenters. The number of amides is 2. The fourth-order valence-corrected chi connectivity index (χ4v) is 6.27. The molecule has 1 saturated carbocycles. The van der Waals surface area contributed by atoms with Crippen LogP contribution in [0.3, 0.4) is 0 Å². The molecule has 0 bridgehead atoms. The number of nitrogens with zero attached hydrogens (tertiary/aromatic N) is 2. The van der Waals surface area contributed by atoms with E-state index in [-0.39, 0.29) is 35.6 Å². The zero-order valence-electron chi connectivity index (χ0n) is 22.8. The van der Waals surface area contributed by atoms with Crippen molar-refractivity contribution in [2.45, 2.75) is 90.4 Å². The lowest BCUT2D eigenvalue weighted by atomic mass is 9.83. The monoisotopic (exact) mass is 506 g/mol. The van der Waals surface area contributed by atoms with Gasteiger partial charge < -0.3 is 20.1 Å². The number of rotatable bonds is 9. The maximum absolute atomic E-state index is 14.1. The zero-order valence-corrected chi connectivity index (χ0v) is 22.8. The predicted octanol–water partition coefficient (Wildman–Crippen LogP) is 4.46. The number of hydrogen-bond donors (Lipinski definition) is 2. The highest BCUT2D eigenvalue weighted by Crippen LogP contribution is 2.32. The first-order valence-corrected chi connectivity index (χ1v) is 13.8. The van der Waals surface area contributed by atoms with Gasteiger partial charge >= 0.3 is 0 Å². The van der Waals surface area contributed by atoms with E-state index in [4.69, 9.17) is 0 Å². The summed E-state index contributed by atoms with van der Waals surface area (Å²) in [5, 5.41) is 7.05. The molecule has 4 rings (SSSR count). The summed E-state index contributed by atoms with van der Waals surface area (Å²) in [6.45, 7) is 10.6. The van der Waals surface area contributed by atoms with Gasteiger partial charge in [-0.3, -0.25) is 14.4 Å². The number of ketones is 1. The Hall–Kier alpha value is -2.93. The molecule has 1 saturated heterocycles. The van der Waals surface area contributed by atoms with Gasteiger partial charge in [0.15, 0.2) is 5.78 Å². The Morgan fingerprint density at radius 1 is 1.14 bits per heavy atom. The molecule has 1 aromatic carbocycles. The highest BCUT2D eigenvalue weighted by atomic mass is 16.2. The number of nitrogens with one attached hydrogen (secondary N) is 2. The standard InChI is InChI=1S/C30H42N4O3/c1-6-22-14-15-26-25(17-22)27(21(4)35)20(3)34(26)18-24-13-10-16-33(24)30(37)28(23-11-8-7-9-12-23)32-29(36)19(2)31-5/h6,14-15,17,19,23-24,28,31H,1,7-13,16,18H2,2-5H3,(H,32,36)/t19-,24-,28-/m0/s1. The molecule has 2 aromatic rings. The van der Waals surface area contributed by atoms with Crippen LogP contribution in [0.4, 0.5) is 0 Å². The molecule has 7 heteroatoms. The fraction of sp³-hybridized carbons (Fsp3) is 0.567. The molecule has 1 aliphatic carbocycles. The number of likely N-dealkylation sites (tertiary alicyclic amines) is 1. The lowest BCUT2D eigenvalue weighted by Crippen LogP contribution is -2.56. The molecule has 1 aromatic heterocycles. The first-order chi connectivity index (χ1) is 17.8. The number of benzene rings is 1. The van der Waals surface area contributed by atoms with Crippen LogP contribution in [0.5, 0.6) is 0 Å². The lowest BCUT2D eigenvalue weighted by molar-refractivity contribution is -0.139. The summed E-state index contributed by atoms with van der Waals surface area (Å²) in [5.74, 6) is 0.131. The van der Waals surface area contributed by atoms with Crippen molar-refractivity contribution in [1.29, 1.82) is 0 Å². The van der Waals surface area contributed by atoms with Gasteiger partial charge in [0.05, 0.1) is 6.04 Å². The highest BCUT2D eigenvalue weighted by molar-refractivity contribution is 6.08. The minimum atomic E-state index is -0.491. The van der Waals surface area contributed by atoms with Gasteiger partial charge in [0.1, 0.15) is 6.04 Å². The molecule has 7 nitrogen and oxygen atoms in total. The molecular weight excluding hydrogens is 464 g/mol. The molecule has 2 N–H and O–H groups in total. The van der Waals surface area contributed by atoms with E-state index < -0.39 is 6.04 Å². The average molecular weight is 507 g/mol. The van der Waals surface area contributed by atoms with Gasteiger partial charge in [-0.15, -0.1) is 0 Å². The van der Waals surface area contributed by atoms with Gasteiger partial charge in [0.2, 0.25) is 11.8 Å². The van der Waals surface area contributed by atoms with Crippen molar-refractivity contribution in [3.8, 4) is 0 Å². The van der Waals surface area contributed by atoms with Crippen LogP contribution in [-0.2, 0) is 16.1 Å². The van der Waals surface area contributed by atoms with Gasteiger partial charge in [-0.1, -0.05) is 38.0 Å². The first kappa shape index (κ1) is 27.1. The lowest BCUT2D eigenvalue weighted by Gasteiger charge is -2.35. The van der Waals surface area contributed by atoms with E-state index in [0.717, 1.165) is 66.2 Å². The van der Waals surface area contributed by atoms with Crippen LogP contribution < -0.4 is 10.6 Å². The molecule has 1 aliphatic heterocycles. The third-order valence-electron chi connectivity index (χ3n) is 8.50. The van der Waals surface area contributed by atoms with Crippen molar-refractivity contribution in [3.63, 3.8) is 0 Å². The molecule has 2 aliphatic rings. The number of hydrogen-bond acceptors (Lipinski definition) is 4. The highest BCUT2D eigenvalue weighted by Gasteiger charge is 2.39. The Balaban J connectivity index is 1.63. The van der Waals surface area contributed by atoms with E-state index >= 15 is 0 Å². The summed E-state index contributed by atoms with van der Waals surface area (Å²) in [6.07, 6.45) is 8.97. The van der Waals surface area contributed by atoms with Crippen LogP contribution in [0.25, 0.3) is 17.0 Å². The van der Waals surface area contributed by atoms with E-state index in [1.54, 1.807) is 20.0 Å². The van der Waals surface area contributed by atoms with E-state index in [9.17, 15) is 14.4 Å². The normalized spacial score (nSPS) is 20.1. The number of likely N-dealkylation sites (N-methyl/N-ethyl adjacent to an activating group) is 1. The Morgan fingerprint density at radius 3 is 2.51 bits per heavy atom. The molecule has 0 radical (unpaired) electrons. The minimum absolute atomic E-state index is 0.0189. The van der Waals surface area contributed by atoms with Crippen LogP contribution >= 0.6 is 0 Å². The Bertz CT molecular complexity index is 1180. The summed E-state index contributed by atoms with van der Waals surface area (Å²) in [7, 11) is 1.76. The third kappa shape index (κ3) is 5.52. The second kappa shape index (κ2) is 11.6. The van der Waals surface area contributed by atoms with Crippen LogP contribution in [0.2, 0.25) is 0 Å². The average Bonchev–Trinajstić information content (AvgIpc) is 3.48. The smallest absolute Gasteiger partial charge is 0.245 e. The number of fused-ring (bicyclic) bond motifs is 1. The summed E-state index contributed by atoms with van der Waals surface area (Å²) >= 11 is 0. The summed E-state index contributed by atoms with van der Waals surface area (Å²) in [4.78, 5) is 41.5. The van der Waals surface area contributed by atoms with Crippen molar-refractivity contribution < 1.29 is 14.4 Å². The number of carbonyl (C=O) groups excluding carboxylic acids is 3.